The first-order valence-electron chi connectivity index (χ1n) is 11.0. The van der Waals surface area contributed by atoms with Gasteiger partial charge in [-0.2, -0.15) is 0 Å². The number of fused-ring (bicyclic) bond motifs is 1. The van der Waals surface area contributed by atoms with Gasteiger partial charge in [0.05, 0.1) is 19.8 Å². The molecule has 0 aliphatic carbocycles. The maximum atomic E-state index is 12.9. The third-order valence-electron chi connectivity index (χ3n) is 6.41. The Hall–Kier alpha value is -2.53. The van der Waals surface area contributed by atoms with Crippen LogP contribution in [0.2, 0.25) is 0 Å². The topological polar surface area (TPSA) is 45.9 Å². The van der Waals surface area contributed by atoms with Crippen molar-refractivity contribution in [2.45, 2.75) is 38.6 Å². The molecule has 30 heavy (non-hydrogen) atoms. The summed E-state index contributed by atoms with van der Waals surface area (Å²) in [5.74, 6) is 2.52. The molecule has 2 fully saturated rings. The molecule has 2 aliphatic heterocycles. The fourth-order valence-corrected chi connectivity index (χ4v) is 4.98. The van der Waals surface area contributed by atoms with Gasteiger partial charge in [0.1, 0.15) is 11.5 Å². The first kappa shape index (κ1) is 20.7. The van der Waals surface area contributed by atoms with Crippen LogP contribution in [0.3, 0.4) is 0 Å². The van der Waals surface area contributed by atoms with Crippen LogP contribution in [0.1, 0.15) is 37.5 Å². The minimum Gasteiger partial charge on any atom is -0.497 e. The van der Waals surface area contributed by atoms with Crippen LogP contribution in [0.25, 0.3) is 6.08 Å². The summed E-state index contributed by atoms with van der Waals surface area (Å²) in [6, 6.07) is 12.3. The SMILES string of the molecule is COc1cccc(CC(=O)N2CC[C@@H]3[C@H](CCCN3C/C(C)=C/c3ccco3)C2)c1. The Morgan fingerprint density at radius 1 is 1.23 bits per heavy atom. The molecule has 2 saturated heterocycles. The number of ether oxygens (including phenoxy) is 1. The first-order valence-corrected chi connectivity index (χ1v) is 11.0. The standard InChI is InChI=1S/C25H32N2O3/c1-19(14-23-9-5-13-30-23)17-26-11-4-7-21-18-27(12-10-24(21)26)25(28)16-20-6-3-8-22(15-20)29-2/h3,5-6,8-9,13-15,21,24H,4,7,10-12,16-18H2,1-2H3/b19-14+/t21-,24-/m1/s1. The molecule has 0 N–H and O–H groups in total. The number of hydrogen-bond acceptors (Lipinski definition) is 4. The van der Waals surface area contributed by atoms with Crippen LogP contribution < -0.4 is 4.74 Å². The average Bonchev–Trinajstić information content (AvgIpc) is 3.26. The lowest BCUT2D eigenvalue weighted by molar-refractivity contribution is -0.134. The van der Waals surface area contributed by atoms with Crippen LogP contribution >= 0.6 is 0 Å². The Morgan fingerprint density at radius 3 is 2.93 bits per heavy atom. The Labute approximate surface area is 179 Å². The molecule has 2 atom stereocenters. The van der Waals surface area contributed by atoms with E-state index in [9.17, 15) is 4.79 Å². The molecule has 3 heterocycles. The van der Waals surface area contributed by atoms with Crippen molar-refractivity contribution in [3.05, 3.63) is 59.6 Å². The fourth-order valence-electron chi connectivity index (χ4n) is 4.98. The van der Waals surface area contributed by atoms with E-state index in [1.54, 1.807) is 13.4 Å². The second-order valence-corrected chi connectivity index (χ2v) is 8.60. The lowest BCUT2D eigenvalue weighted by atomic mass is 9.83. The van der Waals surface area contributed by atoms with Crippen LogP contribution in [-0.2, 0) is 11.2 Å². The molecule has 1 aromatic carbocycles. The zero-order valence-corrected chi connectivity index (χ0v) is 18.0. The number of carbonyl (C=O) groups excluding carboxylic acids is 1. The lowest BCUT2D eigenvalue weighted by Crippen LogP contribution is -2.55. The first-order chi connectivity index (χ1) is 14.6. The average molecular weight is 409 g/mol. The highest BCUT2D eigenvalue weighted by molar-refractivity contribution is 5.79. The predicted molar refractivity (Wildman–Crippen MR) is 118 cm³/mol. The Bertz CT molecular complexity index is 874. The Kier molecular flexibility index (Phi) is 6.58. The van der Waals surface area contributed by atoms with Crippen molar-refractivity contribution in [2.24, 2.45) is 5.92 Å². The number of piperidine rings is 2. The van der Waals surface area contributed by atoms with Gasteiger partial charge in [-0.15, -0.1) is 0 Å². The van der Waals surface area contributed by atoms with Crippen molar-refractivity contribution in [3.8, 4) is 5.75 Å². The van der Waals surface area contributed by atoms with Gasteiger partial charge in [0.15, 0.2) is 0 Å². The molecule has 0 radical (unpaired) electrons. The van der Waals surface area contributed by atoms with Gasteiger partial charge in [-0.25, -0.2) is 0 Å². The van der Waals surface area contributed by atoms with Gasteiger partial charge in [0.2, 0.25) is 5.91 Å². The quantitative estimate of drug-likeness (QED) is 0.717. The van der Waals surface area contributed by atoms with Gasteiger partial charge in [-0.3, -0.25) is 9.69 Å². The predicted octanol–water partition coefficient (Wildman–Crippen LogP) is 4.25. The molecule has 2 aromatic rings. The second kappa shape index (κ2) is 9.52. The summed E-state index contributed by atoms with van der Waals surface area (Å²) in [5, 5.41) is 0. The minimum atomic E-state index is 0.229. The lowest BCUT2D eigenvalue weighted by Gasteiger charge is -2.47. The number of furan rings is 1. The summed E-state index contributed by atoms with van der Waals surface area (Å²) in [6.45, 7) is 6.02. The van der Waals surface area contributed by atoms with E-state index >= 15 is 0 Å². The highest BCUT2D eigenvalue weighted by atomic mass is 16.5. The minimum absolute atomic E-state index is 0.229. The van der Waals surface area contributed by atoms with Crippen LogP contribution in [-0.4, -0.2) is 55.0 Å². The maximum Gasteiger partial charge on any atom is 0.227 e. The van der Waals surface area contributed by atoms with Crippen molar-refractivity contribution in [3.63, 3.8) is 0 Å². The second-order valence-electron chi connectivity index (χ2n) is 8.60. The largest absolute Gasteiger partial charge is 0.497 e. The van der Waals surface area contributed by atoms with Crippen LogP contribution in [0.5, 0.6) is 5.75 Å². The number of methoxy groups -OCH3 is 1. The molecule has 1 aromatic heterocycles. The molecular weight excluding hydrogens is 376 g/mol. The summed E-state index contributed by atoms with van der Waals surface area (Å²) >= 11 is 0. The van der Waals surface area contributed by atoms with E-state index in [-0.39, 0.29) is 5.91 Å². The molecule has 2 aliphatic rings. The van der Waals surface area contributed by atoms with E-state index in [1.165, 1.54) is 18.4 Å². The van der Waals surface area contributed by atoms with Gasteiger partial charge in [0.25, 0.3) is 0 Å². The number of rotatable bonds is 6. The van der Waals surface area contributed by atoms with Gasteiger partial charge < -0.3 is 14.1 Å². The fraction of sp³-hybridized carbons (Fsp3) is 0.480. The smallest absolute Gasteiger partial charge is 0.227 e. The van der Waals surface area contributed by atoms with E-state index in [2.05, 4.69) is 22.8 Å². The molecule has 0 bridgehead atoms. The highest BCUT2D eigenvalue weighted by Crippen LogP contribution is 2.31. The number of carbonyl (C=O) groups is 1. The van der Waals surface area contributed by atoms with Crippen molar-refractivity contribution in [1.29, 1.82) is 0 Å². The molecule has 1 amide bonds. The highest BCUT2D eigenvalue weighted by Gasteiger charge is 2.37. The molecule has 0 saturated carbocycles. The molecule has 5 heteroatoms. The third kappa shape index (κ3) is 4.96. The maximum absolute atomic E-state index is 12.9. The molecule has 160 valence electrons. The van der Waals surface area contributed by atoms with Crippen molar-refractivity contribution < 1.29 is 13.9 Å². The summed E-state index contributed by atoms with van der Waals surface area (Å²) < 4.78 is 10.7. The van der Waals surface area contributed by atoms with Crippen molar-refractivity contribution in [1.82, 2.24) is 9.80 Å². The van der Waals surface area contributed by atoms with E-state index in [0.717, 1.165) is 49.7 Å². The van der Waals surface area contributed by atoms with Gasteiger partial charge in [-0.05, 0) is 74.6 Å². The summed E-state index contributed by atoms with van der Waals surface area (Å²) in [7, 11) is 1.66. The molecule has 0 unspecified atom stereocenters. The zero-order chi connectivity index (χ0) is 20.9. The van der Waals surface area contributed by atoms with Crippen LogP contribution in [0.15, 0.2) is 52.7 Å². The zero-order valence-electron chi connectivity index (χ0n) is 18.0. The number of amides is 1. The van der Waals surface area contributed by atoms with E-state index in [0.29, 0.717) is 18.4 Å². The summed E-state index contributed by atoms with van der Waals surface area (Å²) in [4.78, 5) is 17.6. The number of nitrogens with zero attached hydrogens (tertiary/aromatic N) is 2. The molecule has 0 spiro atoms. The van der Waals surface area contributed by atoms with E-state index < -0.39 is 0 Å². The van der Waals surface area contributed by atoms with Crippen molar-refractivity contribution >= 4 is 12.0 Å². The summed E-state index contributed by atoms with van der Waals surface area (Å²) in [5.41, 5.74) is 2.34. The van der Waals surface area contributed by atoms with E-state index in [4.69, 9.17) is 9.15 Å². The van der Waals surface area contributed by atoms with Gasteiger partial charge in [0, 0.05) is 25.7 Å². The van der Waals surface area contributed by atoms with E-state index in [1.807, 2.05) is 36.4 Å². The monoisotopic (exact) mass is 408 g/mol. The normalized spacial score (nSPS) is 22.6. The molecule has 5 nitrogen and oxygen atoms in total. The summed E-state index contributed by atoms with van der Waals surface area (Å²) in [6.07, 6.45) is 7.77. The third-order valence-corrected chi connectivity index (χ3v) is 6.41. The Morgan fingerprint density at radius 2 is 2.13 bits per heavy atom. The molecule has 4 rings (SSSR count). The Balaban J connectivity index is 1.35. The van der Waals surface area contributed by atoms with Gasteiger partial charge >= 0.3 is 0 Å². The van der Waals surface area contributed by atoms with Crippen molar-refractivity contribution in [2.75, 3.05) is 33.3 Å². The number of hydrogen-bond donors (Lipinski definition) is 0. The number of benzene rings is 1. The van der Waals surface area contributed by atoms with Crippen LogP contribution in [0.4, 0.5) is 0 Å². The van der Waals surface area contributed by atoms with Crippen LogP contribution in [0, 0.1) is 5.92 Å². The number of likely N-dealkylation sites (tertiary alicyclic amines) is 2. The molecular formula is C25H32N2O3. The van der Waals surface area contributed by atoms with Gasteiger partial charge in [-0.1, -0.05) is 17.7 Å².